The molecule has 3 amide bonds. The van der Waals surface area contributed by atoms with E-state index in [0.29, 0.717) is 0 Å². The van der Waals surface area contributed by atoms with Gasteiger partial charge < -0.3 is 41.9 Å². The first kappa shape index (κ1) is 32.2. The number of aromatic amines is 2. The first-order valence-electron chi connectivity index (χ1n) is 14.6. The molecule has 2 heterocycles. The van der Waals surface area contributed by atoms with Crippen LogP contribution in [0.2, 0.25) is 0 Å². The third-order valence-electron chi connectivity index (χ3n) is 7.57. The van der Waals surface area contributed by atoms with Crippen molar-refractivity contribution in [1.82, 2.24) is 25.9 Å². The van der Waals surface area contributed by atoms with E-state index >= 15 is 0 Å². The number of para-hydroxylation sites is 2. The molecule has 9 N–H and O–H groups in total. The summed E-state index contributed by atoms with van der Waals surface area (Å²) >= 11 is 0. The highest BCUT2D eigenvalue weighted by Gasteiger charge is 2.33. The smallest absolute Gasteiger partial charge is 0.328 e. The number of aliphatic hydroxyl groups is 1. The number of aliphatic carboxylic acids is 1. The molecule has 0 aliphatic rings. The molecule has 0 aliphatic heterocycles. The van der Waals surface area contributed by atoms with Gasteiger partial charge in [-0.15, -0.1) is 0 Å². The maximum Gasteiger partial charge on any atom is 0.328 e. The third-order valence-corrected chi connectivity index (χ3v) is 7.57. The van der Waals surface area contributed by atoms with Gasteiger partial charge in [-0.05, 0) is 48.9 Å². The zero-order chi connectivity index (χ0) is 32.0. The number of nitrogens with two attached hydrogens (primary N) is 1. The fourth-order valence-electron chi connectivity index (χ4n) is 5.26. The van der Waals surface area contributed by atoms with E-state index in [4.69, 9.17) is 5.73 Å². The first-order valence-corrected chi connectivity index (χ1v) is 14.6. The number of hydrogen-bond donors (Lipinski definition) is 8. The lowest BCUT2D eigenvalue weighted by Gasteiger charge is -2.26. The van der Waals surface area contributed by atoms with Crippen LogP contribution in [0.1, 0.15) is 38.3 Å². The van der Waals surface area contributed by atoms with Crippen molar-refractivity contribution in [3.63, 3.8) is 0 Å². The van der Waals surface area contributed by atoms with E-state index in [1.165, 1.54) is 6.92 Å². The summed E-state index contributed by atoms with van der Waals surface area (Å²) in [6, 6.07) is 10.4. The van der Waals surface area contributed by atoms with Crippen LogP contribution in [-0.2, 0) is 32.0 Å². The Morgan fingerprint density at radius 2 is 1.25 bits per heavy atom. The second kappa shape index (κ2) is 14.2. The minimum atomic E-state index is -1.58. The van der Waals surface area contributed by atoms with Gasteiger partial charge in [-0.2, -0.15) is 0 Å². The van der Waals surface area contributed by atoms with Crippen molar-refractivity contribution in [1.29, 1.82) is 0 Å². The van der Waals surface area contributed by atoms with Crippen LogP contribution < -0.4 is 21.7 Å². The molecule has 0 bridgehead atoms. The van der Waals surface area contributed by atoms with Crippen molar-refractivity contribution in [2.24, 2.45) is 11.7 Å². The van der Waals surface area contributed by atoms with Gasteiger partial charge in [-0.3, -0.25) is 14.4 Å². The minimum Gasteiger partial charge on any atom is -0.480 e. The van der Waals surface area contributed by atoms with Gasteiger partial charge in [0.25, 0.3) is 0 Å². The van der Waals surface area contributed by atoms with E-state index in [1.807, 2.05) is 68.6 Å². The fraction of sp³-hybridized carbons (Fsp3) is 0.375. The SMILES string of the molecule is CC(C)CC(NC(=O)C(N)Cc1c[nH]c2ccccc12)C(=O)NC(Cc1c[nH]c2ccccc12)C(=O)NC(C(=O)O)C(C)O. The maximum atomic E-state index is 13.7. The van der Waals surface area contributed by atoms with Crippen LogP contribution >= 0.6 is 0 Å². The summed E-state index contributed by atoms with van der Waals surface area (Å²) in [7, 11) is 0. The lowest BCUT2D eigenvalue weighted by Crippen LogP contribution is -2.59. The predicted molar refractivity (Wildman–Crippen MR) is 167 cm³/mol. The summed E-state index contributed by atoms with van der Waals surface area (Å²) in [6.45, 7) is 5.04. The van der Waals surface area contributed by atoms with Gasteiger partial charge in [0.2, 0.25) is 17.7 Å². The molecule has 5 unspecified atom stereocenters. The summed E-state index contributed by atoms with van der Waals surface area (Å²) in [5, 5.41) is 29.1. The molecular formula is C32H40N6O6. The number of carbonyl (C=O) groups excluding carboxylic acids is 3. The highest BCUT2D eigenvalue weighted by Crippen LogP contribution is 2.21. The van der Waals surface area contributed by atoms with Crippen molar-refractivity contribution in [3.8, 4) is 0 Å². The number of aromatic nitrogens is 2. The first-order chi connectivity index (χ1) is 20.9. The molecule has 5 atom stereocenters. The Morgan fingerprint density at radius 3 is 1.77 bits per heavy atom. The topological polar surface area (TPSA) is 202 Å². The van der Waals surface area contributed by atoms with E-state index in [-0.39, 0.29) is 25.2 Å². The molecule has 0 radical (unpaired) electrons. The van der Waals surface area contributed by atoms with E-state index in [0.717, 1.165) is 32.9 Å². The molecule has 0 saturated carbocycles. The number of H-pyrrole nitrogens is 2. The van der Waals surface area contributed by atoms with Crippen LogP contribution in [0, 0.1) is 5.92 Å². The summed E-state index contributed by atoms with van der Waals surface area (Å²) in [5.41, 5.74) is 9.62. The van der Waals surface area contributed by atoms with Crippen molar-refractivity contribution in [3.05, 3.63) is 72.1 Å². The quantitative estimate of drug-likeness (QED) is 0.107. The summed E-state index contributed by atoms with van der Waals surface area (Å²) in [4.78, 5) is 58.3. The number of benzene rings is 2. The predicted octanol–water partition coefficient (Wildman–Crippen LogP) is 1.73. The Labute approximate surface area is 254 Å². The van der Waals surface area contributed by atoms with Gasteiger partial charge in [-0.25, -0.2) is 4.79 Å². The molecule has 44 heavy (non-hydrogen) atoms. The fourth-order valence-corrected chi connectivity index (χ4v) is 5.26. The van der Waals surface area contributed by atoms with Crippen molar-refractivity contribution in [2.75, 3.05) is 0 Å². The van der Waals surface area contributed by atoms with Gasteiger partial charge in [0.15, 0.2) is 6.04 Å². The molecule has 12 heteroatoms. The van der Waals surface area contributed by atoms with Crippen molar-refractivity contribution < 1.29 is 29.4 Å². The number of carbonyl (C=O) groups is 4. The third kappa shape index (κ3) is 7.82. The molecular weight excluding hydrogens is 564 g/mol. The molecule has 0 spiro atoms. The van der Waals surface area contributed by atoms with Gasteiger partial charge in [0, 0.05) is 40.6 Å². The summed E-state index contributed by atoms with van der Waals surface area (Å²) in [5.74, 6) is -3.34. The largest absolute Gasteiger partial charge is 0.480 e. The zero-order valence-electron chi connectivity index (χ0n) is 25.0. The molecule has 12 nitrogen and oxygen atoms in total. The number of aliphatic hydroxyl groups excluding tert-OH is 1. The van der Waals surface area contributed by atoms with Gasteiger partial charge >= 0.3 is 5.97 Å². The Kier molecular flexibility index (Phi) is 10.4. The van der Waals surface area contributed by atoms with Crippen LogP contribution in [0.5, 0.6) is 0 Å². The van der Waals surface area contributed by atoms with Gasteiger partial charge in [0.05, 0.1) is 12.1 Å². The Morgan fingerprint density at radius 1 is 0.750 bits per heavy atom. The Bertz CT molecular complexity index is 1630. The second-order valence-electron chi connectivity index (χ2n) is 11.6. The average molecular weight is 605 g/mol. The van der Waals surface area contributed by atoms with Gasteiger partial charge in [-0.1, -0.05) is 50.2 Å². The highest BCUT2D eigenvalue weighted by molar-refractivity contribution is 5.95. The normalized spacial score (nSPS) is 15.0. The van der Waals surface area contributed by atoms with Crippen LogP contribution in [0.15, 0.2) is 60.9 Å². The highest BCUT2D eigenvalue weighted by atomic mass is 16.4. The molecule has 4 rings (SSSR count). The zero-order valence-corrected chi connectivity index (χ0v) is 25.0. The van der Waals surface area contributed by atoms with Crippen LogP contribution in [0.3, 0.4) is 0 Å². The van der Waals surface area contributed by atoms with Crippen LogP contribution in [0.4, 0.5) is 0 Å². The van der Waals surface area contributed by atoms with E-state index in [2.05, 4.69) is 25.9 Å². The van der Waals surface area contributed by atoms with E-state index < -0.39 is 54.0 Å². The molecule has 0 saturated heterocycles. The lowest BCUT2D eigenvalue weighted by atomic mass is 9.99. The Balaban J connectivity index is 1.53. The standard InChI is InChI=1S/C32H40N6O6/c1-17(2)12-26(36-29(40)23(33)13-19-15-34-24-10-6-4-8-21(19)24)30(41)37-27(31(42)38-28(18(3)39)32(43)44)14-20-16-35-25-11-7-5-9-22(20)25/h4-11,15-18,23,26-28,34-35,39H,12-14,33H2,1-3H3,(H,36,40)(H,37,41)(H,38,42)(H,43,44). The number of carboxylic acids is 1. The second-order valence-corrected chi connectivity index (χ2v) is 11.6. The molecule has 0 aliphatic carbocycles. The maximum absolute atomic E-state index is 13.7. The monoisotopic (exact) mass is 604 g/mol. The number of fused-ring (bicyclic) bond motifs is 2. The summed E-state index contributed by atoms with van der Waals surface area (Å²) in [6.07, 6.45) is 2.68. The summed E-state index contributed by atoms with van der Waals surface area (Å²) < 4.78 is 0. The molecule has 2 aromatic carbocycles. The van der Waals surface area contributed by atoms with Crippen LogP contribution in [-0.4, -0.2) is 74.1 Å². The number of rotatable bonds is 14. The molecule has 4 aromatic rings. The van der Waals surface area contributed by atoms with Crippen molar-refractivity contribution in [2.45, 2.75) is 70.3 Å². The number of nitrogens with one attached hydrogen (secondary N) is 5. The lowest BCUT2D eigenvalue weighted by molar-refractivity contribution is -0.145. The Hall–Kier alpha value is -4.68. The van der Waals surface area contributed by atoms with Crippen LogP contribution in [0.25, 0.3) is 21.8 Å². The van der Waals surface area contributed by atoms with Crippen molar-refractivity contribution >= 4 is 45.5 Å². The van der Waals surface area contributed by atoms with Gasteiger partial charge in [0.1, 0.15) is 12.1 Å². The van der Waals surface area contributed by atoms with E-state index in [1.54, 1.807) is 6.20 Å². The number of carboxylic acid groups (broad SMARTS) is 1. The molecule has 0 fully saturated rings. The number of hydrogen-bond acceptors (Lipinski definition) is 6. The average Bonchev–Trinajstić information content (AvgIpc) is 3.58. The molecule has 234 valence electrons. The van der Waals surface area contributed by atoms with E-state index in [9.17, 15) is 29.4 Å². The minimum absolute atomic E-state index is 0.00316. The number of amides is 3. The molecule has 2 aromatic heterocycles.